The van der Waals surface area contributed by atoms with E-state index in [1.54, 1.807) is 16.7 Å². The van der Waals surface area contributed by atoms with Crippen LogP contribution < -0.4 is 0 Å². The van der Waals surface area contributed by atoms with Gasteiger partial charge in [0.15, 0.2) is 17.3 Å². The summed E-state index contributed by atoms with van der Waals surface area (Å²) in [5, 5.41) is 12.1. The molecule has 0 aliphatic carbocycles. The second-order valence-corrected chi connectivity index (χ2v) is 6.81. The second-order valence-electron chi connectivity index (χ2n) is 6.81. The van der Waals surface area contributed by atoms with Crippen molar-refractivity contribution < 1.29 is 13.9 Å². The molecule has 0 radical (unpaired) electrons. The summed E-state index contributed by atoms with van der Waals surface area (Å²) in [6.07, 6.45) is 2.95. The summed E-state index contributed by atoms with van der Waals surface area (Å²) in [6.45, 7) is 1.87. The molecule has 0 aromatic carbocycles. The fourth-order valence-electron chi connectivity index (χ4n) is 3.52. The van der Waals surface area contributed by atoms with Gasteiger partial charge in [-0.3, -0.25) is 9.69 Å². The van der Waals surface area contributed by atoms with Crippen molar-refractivity contribution >= 4 is 5.91 Å². The van der Waals surface area contributed by atoms with E-state index in [2.05, 4.69) is 20.5 Å². The number of tetrazole rings is 1. The first kappa shape index (κ1) is 19.3. The highest BCUT2D eigenvalue weighted by molar-refractivity contribution is 5.92. The molecule has 1 fully saturated rings. The molecular formula is C17H24FN7O2. The Morgan fingerprint density at radius 1 is 1.44 bits per heavy atom. The van der Waals surface area contributed by atoms with E-state index in [1.807, 2.05) is 19.0 Å². The van der Waals surface area contributed by atoms with Crippen LogP contribution in [0.25, 0.3) is 0 Å². The number of nitrogens with zero attached hydrogens (tertiary/aromatic N) is 7. The number of likely N-dealkylation sites (tertiary alicyclic amines) is 1. The SMILES string of the molecule is COCCn1nnnc1C1(N(C)C)CCCN(C(=O)c2ncccc2F)C1. The van der Waals surface area contributed by atoms with E-state index in [0.717, 1.165) is 12.8 Å². The molecule has 27 heavy (non-hydrogen) atoms. The molecule has 1 unspecified atom stereocenters. The van der Waals surface area contributed by atoms with Gasteiger partial charge in [-0.05, 0) is 49.5 Å². The fourth-order valence-corrected chi connectivity index (χ4v) is 3.52. The highest BCUT2D eigenvalue weighted by Crippen LogP contribution is 2.35. The fraction of sp³-hybridized carbons (Fsp3) is 0.588. The third-order valence-electron chi connectivity index (χ3n) is 5.03. The number of hydrogen-bond donors (Lipinski definition) is 0. The molecule has 1 aliphatic rings. The lowest BCUT2D eigenvalue weighted by molar-refractivity contribution is 0.0244. The number of pyridine rings is 1. The van der Waals surface area contributed by atoms with Crippen molar-refractivity contribution in [2.45, 2.75) is 24.9 Å². The van der Waals surface area contributed by atoms with E-state index >= 15 is 0 Å². The van der Waals surface area contributed by atoms with Crippen LogP contribution in [-0.2, 0) is 16.8 Å². The number of likely N-dealkylation sites (N-methyl/N-ethyl adjacent to an activating group) is 1. The largest absolute Gasteiger partial charge is 0.383 e. The van der Waals surface area contributed by atoms with Crippen LogP contribution in [0, 0.1) is 5.82 Å². The zero-order chi connectivity index (χ0) is 19.4. The normalized spacial score (nSPS) is 20.3. The van der Waals surface area contributed by atoms with Crippen LogP contribution in [-0.4, -0.2) is 81.8 Å². The quantitative estimate of drug-likeness (QED) is 0.726. The van der Waals surface area contributed by atoms with Gasteiger partial charge in [0.05, 0.1) is 13.2 Å². The van der Waals surface area contributed by atoms with Crippen LogP contribution in [0.4, 0.5) is 4.39 Å². The predicted octanol–water partition coefficient (Wildman–Crippen LogP) is 0.547. The Bertz CT molecular complexity index is 797. The molecule has 10 heteroatoms. The van der Waals surface area contributed by atoms with Crippen LogP contribution in [0.1, 0.15) is 29.2 Å². The molecule has 0 spiro atoms. The molecule has 0 bridgehead atoms. The first-order chi connectivity index (χ1) is 13.0. The number of carbonyl (C=O) groups is 1. The molecule has 2 aromatic heterocycles. The Balaban J connectivity index is 1.92. The summed E-state index contributed by atoms with van der Waals surface area (Å²) in [5.41, 5.74) is -0.734. The summed E-state index contributed by atoms with van der Waals surface area (Å²) in [5.74, 6) is -0.369. The Morgan fingerprint density at radius 3 is 2.96 bits per heavy atom. The van der Waals surface area contributed by atoms with E-state index in [1.165, 1.54) is 18.3 Å². The summed E-state index contributed by atoms with van der Waals surface area (Å²) < 4.78 is 20.9. The van der Waals surface area contributed by atoms with E-state index in [-0.39, 0.29) is 5.69 Å². The van der Waals surface area contributed by atoms with Crippen LogP contribution >= 0.6 is 0 Å². The molecule has 0 N–H and O–H groups in total. The Morgan fingerprint density at radius 2 is 2.26 bits per heavy atom. The first-order valence-electron chi connectivity index (χ1n) is 8.82. The maximum atomic E-state index is 14.1. The monoisotopic (exact) mass is 377 g/mol. The summed E-state index contributed by atoms with van der Waals surface area (Å²) in [6, 6.07) is 2.71. The van der Waals surface area contributed by atoms with E-state index in [0.29, 0.717) is 32.1 Å². The summed E-state index contributed by atoms with van der Waals surface area (Å²) in [7, 11) is 5.49. The number of ether oxygens (including phenoxy) is 1. The number of amides is 1. The Labute approximate surface area is 157 Å². The number of hydrogen-bond acceptors (Lipinski definition) is 7. The summed E-state index contributed by atoms with van der Waals surface area (Å²) in [4.78, 5) is 20.5. The maximum absolute atomic E-state index is 14.1. The summed E-state index contributed by atoms with van der Waals surface area (Å²) >= 11 is 0. The molecule has 146 valence electrons. The average molecular weight is 377 g/mol. The lowest BCUT2D eigenvalue weighted by Gasteiger charge is -2.45. The van der Waals surface area contributed by atoms with Crippen LogP contribution in [0.2, 0.25) is 0 Å². The van der Waals surface area contributed by atoms with E-state index in [9.17, 15) is 9.18 Å². The van der Waals surface area contributed by atoms with E-state index < -0.39 is 17.3 Å². The maximum Gasteiger partial charge on any atom is 0.275 e. The van der Waals surface area contributed by atoms with Gasteiger partial charge >= 0.3 is 0 Å². The molecule has 1 aliphatic heterocycles. The van der Waals surface area contributed by atoms with Crippen molar-refractivity contribution in [3.63, 3.8) is 0 Å². The molecule has 2 aromatic rings. The smallest absolute Gasteiger partial charge is 0.275 e. The first-order valence-corrected chi connectivity index (χ1v) is 8.82. The molecular weight excluding hydrogens is 353 g/mol. The number of rotatable bonds is 6. The second kappa shape index (κ2) is 8.05. The Kier molecular flexibility index (Phi) is 5.76. The molecule has 0 saturated carbocycles. The van der Waals surface area contributed by atoms with Gasteiger partial charge in [-0.25, -0.2) is 14.1 Å². The predicted molar refractivity (Wildman–Crippen MR) is 94.4 cm³/mol. The van der Waals surface area contributed by atoms with Crippen LogP contribution in [0.15, 0.2) is 18.3 Å². The van der Waals surface area contributed by atoms with Gasteiger partial charge in [0, 0.05) is 26.4 Å². The minimum absolute atomic E-state index is 0.161. The average Bonchev–Trinajstić information content (AvgIpc) is 3.15. The third kappa shape index (κ3) is 3.67. The zero-order valence-corrected chi connectivity index (χ0v) is 15.8. The number of carbonyl (C=O) groups excluding carboxylic acids is 1. The molecule has 1 atom stereocenters. The zero-order valence-electron chi connectivity index (χ0n) is 15.8. The molecule has 1 amide bonds. The highest BCUT2D eigenvalue weighted by Gasteiger charge is 2.45. The van der Waals surface area contributed by atoms with Crippen molar-refractivity contribution in [3.05, 3.63) is 35.7 Å². The lowest BCUT2D eigenvalue weighted by atomic mass is 9.86. The van der Waals surface area contributed by atoms with Crippen molar-refractivity contribution in [1.82, 2.24) is 35.0 Å². The molecule has 9 nitrogen and oxygen atoms in total. The van der Waals surface area contributed by atoms with Gasteiger partial charge in [-0.15, -0.1) is 5.10 Å². The van der Waals surface area contributed by atoms with Crippen LogP contribution in [0.5, 0.6) is 0 Å². The topological polar surface area (TPSA) is 89.3 Å². The molecule has 3 heterocycles. The third-order valence-corrected chi connectivity index (χ3v) is 5.03. The Hall–Kier alpha value is -2.46. The van der Waals surface area contributed by atoms with Crippen LogP contribution in [0.3, 0.4) is 0 Å². The van der Waals surface area contributed by atoms with E-state index in [4.69, 9.17) is 4.74 Å². The lowest BCUT2D eigenvalue weighted by Crippen LogP contribution is -2.56. The van der Waals surface area contributed by atoms with Gasteiger partial charge in [-0.2, -0.15) is 0 Å². The van der Waals surface area contributed by atoms with Crippen molar-refractivity contribution in [2.75, 3.05) is 40.9 Å². The van der Waals surface area contributed by atoms with Gasteiger partial charge in [0.25, 0.3) is 5.91 Å². The van der Waals surface area contributed by atoms with Gasteiger partial charge in [-0.1, -0.05) is 0 Å². The minimum atomic E-state index is -0.617. The number of methoxy groups -OCH3 is 1. The number of halogens is 1. The number of aromatic nitrogens is 5. The van der Waals surface area contributed by atoms with Gasteiger partial charge in [0.2, 0.25) is 0 Å². The number of piperidine rings is 1. The van der Waals surface area contributed by atoms with Gasteiger partial charge < -0.3 is 9.64 Å². The minimum Gasteiger partial charge on any atom is -0.383 e. The highest BCUT2D eigenvalue weighted by atomic mass is 19.1. The molecule has 3 rings (SSSR count). The van der Waals surface area contributed by atoms with Crippen molar-refractivity contribution in [1.29, 1.82) is 0 Å². The van der Waals surface area contributed by atoms with Crippen molar-refractivity contribution in [2.24, 2.45) is 0 Å². The standard InChI is InChI=1S/C17H24FN7O2/c1-23(2)17(16-20-21-22-25(16)10-11-27-3)7-5-9-24(12-17)15(26)14-13(18)6-4-8-19-14/h4,6,8H,5,7,9-12H2,1-3H3. The van der Waals surface area contributed by atoms with Gasteiger partial charge in [0.1, 0.15) is 5.54 Å². The molecule has 1 saturated heterocycles. The van der Waals surface area contributed by atoms with Crippen molar-refractivity contribution in [3.8, 4) is 0 Å².